The number of piperazine rings is 1. The third kappa shape index (κ3) is 3.22. The van der Waals surface area contributed by atoms with E-state index in [-0.39, 0.29) is 24.1 Å². The average Bonchev–Trinajstić information content (AvgIpc) is 2.86. The largest absolute Gasteiger partial charge is 0.379 e. The van der Waals surface area contributed by atoms with Gasteiger partial charge in [0.2, 0.25) is 5.91 Å². The minimum absolute atomic E-state index is 0.0368. The van der Waals surface area contributed by atoms with Crippen LogP contribution >= 0.6 is 0 Å². The van der Waals surface area contributed by atoms with E-state index in [2.05, 4.69) is 15.5 Å². The number of hydrogen-bond acceptors (Lipinski definition) is 4. The van der Waals surface area contributed by atoms with Crippen LogP contribution in [0.3, 0.4) is 0 Å². The second-order valence-electron chi connectivity index (χ2n) is 5.28. The van der Waals surface area contributed by atoms with Crippen LogP contribution in [0.1, 0.15) is 26.2 Å². The van der Waals surface area contributed by atoms with Crippen molar-refractivity contribution in [2.24, 2.45) is 0 Å². The summed E-state index contributed by atoms with van der Waals surface area (Å²) in [5.41, 5.74) is 0. The fourth-order valence-corrected chi connectivity index (χ4v) is 2.91. The molecule has 3 atom stereocenters. The molecule has 1 heterocycles. The third-order valence-corrected chi connectivity index (χ3v) is 4.16. The van der Waals surface area contributed by atoms with E-state index in [1.165, 1.54) is 0 Å². The number of nitrogens with one attached hydrogen (secondary N) is 2. The number of carbonyl (C=O) groups is 1. The van der Waals surface area contributed by atoms with Crippen molar-refractivity contribution in [3.63, 3.8) is 0 Å². The second-order valence-corrected chi connectivity index (χ2v) is 5.28. The lowest BCUT2D eigenvalue weighted by molar-refractivity contribution is -0.127. The Morgan fingerprint density at radius 1 is 1.39 bits per heavy atom. The van der Waals surface area contributed by atoms with E-state index in [0.29, 0.717) is 0 Å². The fraction of sp³-hybridized carbons (Fsp3) is 0.923. The molecule has 5 heteroatoms. The molecule has 1 aliphatic carbocycles. The first kappa shape index (κ1) is 13.8. The highest BCUT2D eigenvalue weighted by Crippen LogP contribution is 2.21. The van der Waals surface area contributed by atoms with Gasteiger partial charge in [-0.2, -0.15) is 0 Å². The van der Waals surface area contributed by atoms with Crippen LogP contribution in [0.2, 0.25) is 0 Å². The van der Waals surface area contributed by atoms with Crippen molar-refractivity contribution in [3.8, 4) is 0 Å². The third-order valence-electron chi connectivity index (χ3n) is 4.16. The van der Waals surface area contributed by atoms with Crippen molar-refractivity contribution in [1.29, 1.82) is 0 Å². The van der Waals surface area contributed by atoms with E-state index in [0.717, 1.165) is 45.4 Å². The molecule has 0 bridgehead atoms. The average molecular weight is 255 g/mol. The molecule has 0 aromatic rings. The molecule has 0 aromatic carbocycles. The predicted molar refractivity (Wildman–Crippen MR) is 70.5 cm³/mol. The molecule has 104 valence electrons. The van der Waals surface area contributed by atoms with Gasteiger partial charge in [0, 0.05) is 33.3 Å². The maximum absolute atomic E-state index is 12.2. The summed E-state index contributed by atoms with van der Waals surface area (Å²) in [6.07, 6.45) is 3.44. The first-order chi connectivity index (χ1) is 8.72. The molecule has 0 spiro atoms. The van der Waals surface area contributed by atoms with Gasteiger partial charge in [-0.3, -0.25) is 9.69 Å². The number of rotatable bonds is 4. The standard InChI is InChI=1S/C13H25N3O2/c1-10(16-8-6-14-7-9-16)13(17)15-11-4-3-5-12(11)18-2/h10-12,14H,3-9H2,1-2H3,(H,15,17). The lowest BCUT2D eigenvalue weighted by atomic mass is 10.1. The smallest absolute Gasteiger partial charge is 0.237 e. The van der Waals surface area contributed by atoms with E-state index < -0.39 is 0 Å². The van der Waals surface area contributed by atoms with Crippen LogP contribution in [-0.4, -0.2) is 62.3 Å². The first-order valence-electron chi connectivity index (χ1n) is 7.00. The van der Waals surface area contributed by atoms with Gasteiger partial charge < -0.3 is 15.4 Å². The minimum atomic E-state index is -0.0368. The van der Waals surface area contributed by atoms with Gasteiger partial charge in [-0.25, -0.2) is 0 Å². The minimum Gasteiger partial charge on any atom is -0.379 e. The molecule has 1 amide bonds. The number of ether oxygens (including phenoxy) is 1. The van der Waals surface area contributed by atoms with E-state index in [4.69, 9.17) is 4.74 Å². The summed E-state index contributed by atoms with van der Waals surface area (Å²) in [6.45, 7) is 5.85. The maximum Gasteiger partial charge on any atom is 0.237 e. The number of amides is 1. The zero-order valence-corrected chi connectivity index (χ0v) is 11.4. The number of methoxy groups -OCH3 is 1. The highest BCUT2D eigenvalue weighted by molar-refractivity contribution is 5.81. The Kier molecular flexibility index (Phi) is 4.97. The monoisotopic (exact) mass is 255 g/mol. The zero-order chi connectivity index (χ0) is 13.0. The SMILES string of the molecule is COC1CCCC1NC(=O)C(C)N1CCNCC1. The molecule has 3 unspecified atom stereocenters. The Hall–Kier alpha value is -0.650. The van der Waals surface area contributed by atoms with Crippen LogP contribution in [-0.2, 0) is 9.53 Å². The maximum atomic E-state index is 12.2. The van der Waals surface area contributed by atoms with Crippen LogP contribution in [0.15, 0.2) is 0 Å². The molecule has 1 saturated heterocycles. The van der Waals surface area contributed by atoms with Crippen LogP contribution < -0.4 is 10.6 Å². The topological polar surface area (TPSA) is 53.6 Å². The summed E-state index contributed by atoms with van der Waals surface area (Å²) >= 11 is 0. The van der Waals surface area contributed by atoms with Crippen molar-refractivity contribution in [1.82, 2.24) is 15.5 Å². The Morgan fingerprint density at radius 2 is 2.11 bits per heavy atom. The Morgan fingerprint density at radius 3 is 2.78 bits per heavy atom. The van der Waals surface area contributed by atoms with Gasteiger partial charge in [0.25, 0.3) is 0 Å². The van der Waals surface area contributed by atoms with Gasteiger partial charge in [0.15, 0.2) is 0 Å². The van der Waals surface area contributed by atoms with E-state index in [9.17, 15) is 4.79 Å². The van der Waals surface area contributed by atoms with Crippen LogP contribution in [0, 0.1) is 0 Å². The molecule has 5 nitrogen and oxygen atoms in total. The molecule has 18 heavy (non-hydrogen) atoms. The van der Waals surface area contributed by atoms with E-state index in [1.54, 1.807) is 7.11 Å². The fourth-order valence-electron chi connectivity index (χ4n) is 2.91. The lowest BCUT2D eigenvalue weighted by Crippen LogP contribution is -2.54. The number of nitrogens with zero attached hydrogens (tertiary/aromatic N) is 1. The van der Waals surface area contributed by atoms with E-state index >= 15 is 0 Å². The van der Waals surface area contributed by atoms with Crippen molar-refractivity contribution >= 4 is 5.91 Å². The van der Waals surface area contributed by atoms with Crippen molar-refractivity contribution in [3.05, 3.63) is 0 Å². The van der Waals surface area contributed by atoms with Crippen LogP contribution in [0.4, 0.5) is 0 Å². The Balaban J connectivity index is 1.82. The molecule has 2 rings (SSSR count). The quantitative estimate of drug-likeness (QED) is 0.740. The molecule has 0 aromatic heterocycles. The van der Waals surface area contributed by atoms with Crippen LogP contribution in [0.25, 0.3) is 0 Å². The lowest BCUT2D eigenvalue weighted by Gasteiger charge is -2.33. The molecular weight excluding hydrogens is 230 g/mol. The molecule has 0 radical (unpaired) electrons. The molecule has 2 fully saturated rings. The van der Waals surface area contributed by atoms with Crippen molar-refractivity contribution in [2.45, 2.75) is 44.4 Å². The number of hydrogen-bond donors (Lipinski definition) is 2. The Labute approximate surface area is 109 Å². The second kappa shape index (κ2) is 6.50. The summed E-state index contributed by atoms with van der Waals surface area (Å²) < 4.78 is 5.41. The van der Waals surface area contributed by atoms with Gasteiger partial charge in [0.05, 0.1) is 18.2 Å². The van der Waals surface area contributed by atoms with Crippen LogP contribution in [0.5, 0.6) is 0 Å². The highest BCUT2D eigenvalue weighted by atomic mass is 16.5. The first-order valence-corrected chi connectivity index (χ1v) is 7.00. The molecule has 1 saturated carbocycles. The molecule has 1 aliphatic heterocycles. The summed E-state index contributed by atoms with van der Waals surface area (Å²) in [7, 11) is 1.73. The summed E-state index contributed by atoms with van der Waals surface area (Å²) in [5.74, 6) is 0.144. The van der Waals surface area contributed by atoms with E-state index in [1.807, 2.05) is 6.92 Å². The zero-order valence-electron chi connectivity index (χ0n) is 11.4. The summed E-state index contributed by atoms with van der Waals surface area (Å²) in [4.78, 5) is 14.5. The summed E-state index contributed by atoms with van der Waals surface area (Å²) in [5, 5.41) is 6.46. The van der Waals surface area contributed by atoms with Gasteiger partial charge >= 0.3 is 0 Å². The van der Waals surface area contributed by atoms with Crippen molar-refractivity contribution in [2.75, 3.05) is 33.3 Å². The Bertz CT molecular complexity index is 279. The van der Waals surface area contributed by atoms with Gasteiger partial charge in [-0.05, 0) is 26.2 Å². The normalized spacial score (nSPS) is 31.2. The summed E-state index contributed by atoms with van der Waals surface area (Å²) in [6, 6.07) is 0.165. The van der Waals surface area contributed by atoms with Gasteiger partial charge in [-0.15, -0.1) is 0 Å². The van der Waals surface area contributed by atoms with Gasteiger partial charge in [-0.1, -0.05) is 0 Å². The molecular formula is C13H25N3O2. The molecule has 2 N–H and O–H groups in total. The van der Waals surface area contributed by atoms with Crippen molar-refractivity contribution < 1.29 is 9.53 Å². The molecule has 2 aliphatic rings. The highest BCUT2D eigenvalue weighted by Gasteiger charge is 2.31. The predicted octanol–water partition coefficient (Wildman–Crippen LogP) is -0.0362. The van der Waals surface area contributed by atoms with Gasteiger partial charge in [0.1, 0.15) is 0 Å². The number of carbonyl (C=O) groups excluding carboxylic acids is 1.